The number of benzene rings is 2. The van der Waals surface area contributed by atoms with E-state index in [1.807, 2.05) is 24.3 Å². The van der Waals surface area contributed by atoms with Gasteiger partial charge in [-0.3, -0.25) is 4.39 Å². The Labute approximate surface area is 225 Å². The highest BCUT2D eigenvalue weighted by atomic mass is 32.2. The third kappa shape index (κ3) is 5.97. The van der Waals surface area contributed by atoms with Crippen molar-refractivity contribution in [3.8, 4) is 34.3 Å². The van der Waals surface area contributed by atoms with Crippen molar-refractivity contribution in [3.05, 3.63) is 60.3 Å². The molecule has 3 N–H and O–H groups in total. The third-order valence-corrected chi connectivity index (χ3v) is 8.90. The molecule has 1 saturated heterocycles. The fourth-order valence-electron chi connectivity index (χ4n) is 4.21. The number of anilines is 1. The van der Waals surface area contributed by atoms with Crippen molar-refractivity contribution in [2.24, 2.45) is 0 Å². The Morgan fingerprint density at radius 3 is 2.49 bits per heavy atom. The van der Waals surface area contributed by atoms with Crippen LogP contribution in [0.1, 0.15) is 25.3 Å². The number of hydrogen-bond acceptors (Lipinski definition) is 10. The van der Waals surface area contributed by atoms with E-state index in [4.69, 9.17) is 14.9 Å². The van der Waals surface area contributed by atoms with Gasteiger partial charge in [0.15, 0.2) is 21.3 Å². The molecule has 0 saturated carbocycles. The fourth-order valence-corrected chi connectivity index (χ4v) is 5.59. The van der Waals surface area contributed by atoms with Gasteiger partial charge in [-0.2, -0.15) is 0 Å². The van der Waals surface area contributed by atoms with E-state index in [2.05, 4.69) is 25.5 Å². The number of sulfone groups is 1. The number of aromatic nitrogens is 4. The minimum atomic E-state index is -3.63. The Bertz CT molecular complexity index is 1520. The van der Waals surface area contributed by atoms with E-state index < -0.39 is 21.8 Å². The highest BCUT2D eigenvalue weighted by Crippen LogP contribution is 2.29. The molecule has 0 amide bonds. The molecule has 2 aromatic heterocycles. The van der Waals surface area contributed by atoms with E-state index >= 15 is 0 Å². The number of alkyl halides is 1. The SMILES string of the molecule is CC(CCF)S(=O)(=O)c1ccc(-c2cnc(N)c(-c3nnc(-c4ccc(CN[C@H]5CCOC5)cc4)o3)n2)cc1. The molecule has 0 spiro atoms. The molecule has 5 rings (SSSR count). The molecule has 1 unspecified atom stereocenters. The zero-order valence-electron chi connectivity index (χ0n) is 21.4. The van der Waals surface area contributed by atoms with Crippen molar-refractivity contribution in [2.75, 3.05) is 25.6 Å². The molecule has 0 radical (unpaired) electrons. The van der Waals surface area contributed by atoms with Crippen molar-refractivity contribution >= 4 is 15.7 Å². The summed E-state index contributed by atoms with van der Waals surface area (Å²) in [6.07, 6.45) is 2.45. The van der Waals surface area contributed by atoms with E-state index in [9.17, 15) is 12.8 Å². The first-order valence-corrected chi connectivity index (χ1v) is 14.2. The van der Waals surface area contributed by atoms with Gasteiger partial charge in [0, 0.05) is 30.3 Å². The van der Waals surface area contributed by atoms with Gasteiger partial charge in [0.2, 0.25) is 5.89 Å². The van der Waals surface area contributed by atoms with Crippen molar-refractivity contribution < 1.29 is 22.0 Å². The van der Waals surface area contributed by atoms with Gasteiger partial charge in [-0.05, 0) is 49.6 Å². The Hall–Kier alpha value is -3.74. The van der Waals surface area contributed by atoms with Crippen molar-refractivity contribution in [1.29, 1.82) is 0 Å². The van der Waals surface area contributed by atoms with Crippen molar-refractivity contribution in [1.82, 2.24) is 25.5 Å². The summed E-state index contributed by atoms with van der Waals surface area (Å²) in [5, 5.41) is 10.9. The van der Waals surface area contributed by atoms with Gasteiger partial charge in [0.1, 0.15) is 0 Å². The number of hydrogen-bond donors (Lipinski definition) is 2. The maximum atomic E-state index is 12.7. The Morgan fingerprint density at radius 1 is 1.08 bits per heavy atom. The topological polar surface area (TPSA) is 146 Å². The lowest BCUT2D eigenvalue weighted by Crippen LogP contribution is -2.28. The monoisotopic (exact) mass is 552 g/mol. The first kappa shape index (κ1) is 26.9. The minimum Gasteiger partial charge on any atom is -0.414 e. The highest BCUT2D eigenvalue weighted by molar-refractivity contribution is 7.92. The van der Waals surface area contributed by atoms with E-state index in [1.165, 1.54) is 25.3 Å². The summed E-state index contributed by atoms with van der Waals surface area (Å²) >= 11 is 0. The maximum absolute atomic E-state index is 12.7. The summed E-state index contributed by atoms with van der Waals surface area (Å²) < 4.78 is 49.2. The zero-order chi connectivity index (χ0) is 27.4. The van der Waals surface area contributed by atoms with Gasteiger partial charge < -0.3 is 20.2 Å². The molecule has 2 atom stereocenters. The van der Waals surface area contributed by atoms with Crippen molar-refractivity contribution in [2.45, 2.75) is 42.5 Å². The van der Waals surface area contributed by atoms with Crippen LogP contribution in [0.25, 0.3) is 34.3 Å². The first-order chi connectivity index (χ1) is 18.8. The molecule has 2 aromatic carbocycles. The fraction of sp³-hybridized carbons (Fsp3) is 0.333. The summed E-state index contributed by atoms with van der Waals surface area (Å²) in [6.45, 7) is 3.08. The number of halogens is 1. The molecule has 10 nitrogen and oxygen atoms in total. The van der Waals surface area contributed by atoms with Crippen LogP contribution in [0.5, 0.6) is 0 Å². The predicted octanol–water partition coefficient (Wildman–Crippen LogP) is 3.84. The van der Waals surface area contributed by atoms with Gasteiger partial charge >= 0.3 is 0 Å². The molecule has 1 aliphatic heterocycles. The predicted molar refractivity (Wildman–Crippen MR) is 144 cm³/mol. The maximum Gasteiger partial charge on any atom is 0.270 e. The first-order valence-electron chi connectivity index (χ1n) is 12.6. The van der Waals surface area contributed by atoms with Crippen LogP contribution in [0.2, 0.25) is 0 Å². The van der Waals surface area contributed by atoms with Crippen LogP contribution in [-0.2, 0) is 21.1 Å². The molecule has 12 heteroatoms. The van der Waals surface area contributed by atoms with E-state index in [-0.39, 0.29) is 28.7 Å². The van der Waals surface area contributed by atoms with E-state index in [0.29, 0.717) is 23.2 Å². The normalized spacial score (nSPS) is 16.4. The molecule has 4 aromatic rings. The Balaban J connectivity index is 1.32. The average Bonchev–Trinajstić information content (AvgIpc) is 3.66. The molecule has 0 aliphatic carbocycles. The van der Waals surface area contributed by atoms with Crippen LogP contribution < -0.4 is 11.1 Å². The second kappa shape index (κ2) is 11.6. The smallest absolute Gasteiger partial charge is 0.270 e. The zero-order valence-corrected chi connectivity index (χ0v) is 22.2. The third-order valence-electron chi connectivity index (χ3n) is 6.68. The number of nitrogens with two attached hydrogens (primary N) is 1. The standard InChI is InChI=1S/C27H29FN6O4S/c1-17(10-12-28)39(35,36)22-8-6-19(7-9-22)23-15-31-25(29)24(32-23)27-34-33-26(38-27)20-4-2-18(3-5-20)14-30-21-11-13-37-16-21/h2-9,15,17,21,30H,10-14,16H2,1H3,(H2,29,31)/t17?,21-/m0/s1. The van der Waals surface area contributed by atoms with Gasteiger partial charge in [-0.15, -0.1) is 10.2 Å². The molecule has 0 bridgehead atoms. The minimum absolute atomic E-state index is 0.0549. The van der Waals surface area contributed by atoms with E-state index in [0.717, 1.165) is 37.3 Å². The van der Waals surface area contributed by atoms with Crippen LogP contribution in [0.4, 0.5) is 10.2 Å². The van der Waals surface area contributed by atoms with Crippen molar-refractivity contribution in [3.63, 3.8) is 0 Å². The van der Waals surface area contributed by atoms with Crippen LogP contribution in [0.15, 0.2) is 64.0 Å². The number of rotatable bonds is 10. The number of ether oxygens (including phenoxy) is 1. The molecular weight excluding hydrogens is 523 g/mol. The van der Waals surface area contributed by atoms with Gasteiger partial charge in [-0.25, -0.2) is 18.4 Å². The Morgan fingerprint density at radius 2 is 1.79 bits per heavy atom. The summed E-state index contributed by atoms with van der Waals surface area (Å²) in [5.74, 6) is 0.547. The second-order valence-corrected chi connectivity index (χ2v) is 11.8. The quantitative estimate of drug-likeness (QED) is 0.297. The van der Waals surface area contributed by atoms with Gasteiger partial charge in [-0.1, -0.05) is 24.3 Å². The molecular formula is C27H29FN6O4S. The average molecular weight is 553 g/mol. The number of nitrogen functional groups attached to an aromatic ring is 1. The van der Waals surface area contributed by atoms with Crippen LogP contribution in [0, 0.1) is 0 Å². The molecule has 1 aliphatic rings. The second-order valence-electron chi connectivity index (χ2n) is 9.40. The summed E-state index contributed by atoms with van der Waals surface area (Å²) in [7, 11) is -3.63. The molecule has 3 heterocycles. The van der Waals surface area contributed by atoms with Gasteiger partial charge in [0.25, 0.3) is 5.89 Å². The Kier molecular flexibility index (Phi) is 7.96. The number of nitrogens with zero attached hydrogens (tertiary/aromatic N) is 4. The van der Waals surface area contributed by atoms with Crippen LogP contribution in [-0.4, -0.2) is 59.8 Å². The van der Waals surface area contributed by atoms with Crippen LogP contribution in [0.3, 0.4) is 0 Å². The summed E-state index contributed by atoms with van der Waals surface area (Å²) in [6, 6.07) is 14.4. The summed E-state index contributed by atoms with van der Waals surface area (Å²) in [5.41, 5.74) is 9.24. The highest BCUT2D eigenvalue weighted by Gasteiger charge is 2.23. The number of nitrogens with one attached hydrogen (secondary N) is 1. The van der Waals surface area contributed by atoms with E-state index in [1.54, 1.807) is 12.1 Å². The lowest BCUT2D eigenvalue weighted by atomic mass is 10.1. The summed E-state index contributed by atoms with van der Waals surface area (Å²) in [4.78, 5) is 8.88. The van der Waals surface area contributed by atoms with Gasteiger partial charge in [0.05, 0.1) is 35.3 Å². The molecule has 1 fully saturated rings. The molecule has 204 valence electrons. The largest absolute Gasteiger partial charge is 0.414 e. The lowest BCUT2D eigenvalue weighted by molar-refractivity contribution is 0.190. The van der Waals surface area contributed by atoms with Crippen LogP contribution >= 0.6 is 0 Å². The lowest BCUT2D eigenvalue weighted by Gasteiger charge is -2.12. The molecule has 39 heavy (non-hydrogen) atoms.